The highest BCUT2D eigenvalue weighted by Gasteiger charge is 2.52. The van der Waals surface area contributed by atoms with Crippen molar-refractivity contribution in [3.63, 3.8) is 0 Å². The number of carbonyl (C=O) groups is 3. The van der Waals surface area contributed by atoms with Crippen LogP contribution in [0.5, 0.6) is 0 Å². The molecule has 30 heavy (non-hydrogen) atoms. The van der Waals surface area contributed by atoms with Crippen LogP contribution in [0.25, 0.3) is 11.0 Å². The number of nitrogens with one attached hydrogen (secondary N) is 1. The van der Waals surface area contributed by atoms with Crippen molar-refractivity contribution in [2.75, 3.05) is 11.4 Å². The van der Waals surface area contributed by atoms with Gasteiger partial charge < -0.3 is 14.6 Å². The normalized spacial score (nSPS) is 18.9. The van der Waals surface area contributed by atoms with Gasteiger partial charge in [0.25, 0.3) is 5.91 Å². The van der Waals surface area contributed by atoms with Gasteiger partial charge in [0.2, 0.25) is 5.91 Å². The zero-order valence-electron chi connectivity index (χ0n) is 17.1. The Bertz CT molecular complexity index is 1090. The second kappa shape index (κ2) is 7.33. The molecule has 1 fully saturated rings. The molecule has 0 bridgehead atoms. The second-order valence-corrected chi connectivity index (χ2v) is 7.79. The third-order valence-corrected chi connectivity index (χ3v) is 5.31. The van der Waals surface area contributed by atoms with Gasteiger partial charge in [-0.1, -0.05) is 36.4 Å². The van der Waals surface area contributed by atoms with Crippen LogP contribution in [0.2, 0.25) is 0 Å². The largest absolute Gasteiger partial charge is 0.458 e. The highest BCUT2D eigenvalue weighted by molar-refractivity contribution is 6.10. The number of carbonyl (C=O) groups excluding carboxylic acids is 3. The molecule has 0 radical (unpaired) electrons. The molecular formula is C23H23N3O4. The standard InChI is InChI=1S/C23H23N3O4/c1-15(2)26(17-10-5-4-6-11-17)20(27)14-25-21(28)23(3,24-22(25)29)19-13-16-9-7-8-12-18(16)30-19/h4-13,15H,14H2,1-3H3,(H,24,29). The topological polar surface area (TPSA) is 82.9 Å². The monoisotopic (exact) mass is 405 g/mol. The number of rotatable bonds is 5. The van der Waals surface area contributed by atoms with Crippen LogP contribution in [0.1, 0.15) is 26.5 Å². The van der Waals surface area contributed by atoms with Gasteiger partial charge in [0.05, 0.1) is 0 Å². The summed E-state index contributed by atoms with van der Waals surface area (Å²) in [5.41, 5.74) is -0.0313. The van der Waals surface area contributed by atoms with E-state index in [2.05, 4.69) is 5.32 Å². The average molecular weight is 405 g/mol. The Balaban J connectivity index is 1.60. The van der Waals surface area contributed by atoms with E-state index in [4.69, 9.17) is 4.42 Å². The second-order valence-electron chi connectivity index (χ2n) is 7.79. The molecule has 0 aliphatic carbocycles. The summed E-state index contributed by atoms with van der Waals surface area (Å²) >= 11 is 0. The number of urea groups is 1. The number of hydrogen-bond acceptors (Lipinski definition) is 4. The van der Waals surface area contributed by atoms with E-state index in [1.165, 1.54) is 0 Å². The fourth-order valence-electron chi connectivity index (χ4n) is 3.77. The van der Waals surface area contributed by atoms with Gasteiger partial charge in [0.15, 0.2) is 5.54 Å². The molecule has 2 heterocycles. The summed E-state index contributed by atoms with van der Waals surface area (Å²) in [5, 5.41) is 3.53. The first-order chi connectivity index (χ1) is 14.3. The fourth-order valence-corrected chi connectivity index (χ4v) is 3.77. The minimum Gasteiger partial charge on any atom is -0.458 e. The summed E-state index contributed by atoms with van der Waals surface area (Å²) in [7, 11) is 0. The Morgan fingerprint density at radius 1 is 1.10 bits per heavy atom. The number of benzene rings is 2. The maximum absolute atomic E-state index is 13.2. The molecule has 7 heteroatoms. The van der Waals surface area contributed by atoms with Gasteiger partial charge in [0.1, 0.15) is 17.9 Å². The number of furan rings is 1. The first-order valence-corrected chi connectivity index (χ1v) is 9.81. The maximum atomic E-state index is 13.2. The van der Waals surface area contributed by atoms with Crippen molar-refractivity contribution in [3.8, 4) is 0 Å². The maximum Gasteiger partial charge on any atom is 0.325 e. The quantitative estimate of drug-likeness (QED) is 0.657. The van der Waals surface area contributed by atoms with Crippen molar-refractivity contribution in [1.29, 1.82) is 0 Å². The highest BCUT2D eigenvalue weighted by Crippen LogP contribution is 2.33. The summed E-state index contributed by atoms with van der Waals surface area (Å²) in [6.45, 7) is 5.00. The van der Waals surface area contributed by atoms with Crippen LogP contribution in [0, 0.1) is 0 Å². The lowest BCUT2D eigenvalue weighted by atomic mass is 9.99. The molecule has 1 aliphatic heterocycles. The van der Waals surface area contributed by atoms with Crippen molar-refractivity contribution >= 4 is 34.5 Å². The predicted molar refractivity (Wildman–Crippen MR) is 113 cm³/mol. The number of imide groups is 1. The van der Waals surface area contributed by atoms with E-state index in [-0.39, 0.29) is 18.5 Å². The van der Waals surface area contributed by atoms with Crippen LogP contribution in [0.3, 0.4) is 0 Å². The molecule has 1 aliphatic rings. The minimum atomic E-state index is -1.37. The van der Waals surface area contributed by atoms with Crippen LogP contribution in [-0.2, 0) is 15.1 Å². The highest BCUT2D eigenvalue weighted by atomic mass is 16.3. The van der Waals surface area contributed by atoms with Crippen LogP contribution >= 0.6 is 0 Å². The Labute approximate surface area is 174 Å². The lowest BCUT2D eigenvalue weighted by Crippen LogP contribution is -2.46. The Kier molecular flexibility index (Phi) is 4.81. The zero-order chi connectivity index (χ0) is 21.5. The van der Waals surface area contributed by atoms with Crippen LogP contribution in [0.15, 0.2) is 65.1 Å². The van der Waals surface area contributed by atoms with Crippen molar-refractivity contribution < 1.29 is 18.8 Å². The molecule has 4 rings (SSSR count). The lowest BCUT2D eigenvalue weighted by Gasteiger charge is -2.28. The van der Waals surface area contributed by atoms with Gasteiger partial charge in [-0.3, -0.25) is 14.5 Å². The van der Waals surface area contributed by atoms with E-state index >= 15 is 0 Å². The SMILES string of the molecule is CC(C)N(C(=O)CN1C(=O)NC(C)(c2cc3ccccc3o2)C1=O)c1ccccc1. The number of anilines is 1. The minimum absolute atomic E-state index is 0.137. The summed E-state index contributed by atoms with van der Waals surface area (Å²) in [5.74, 6) is -0.522. The van der Waals surface area contributed by atoms with E-state index in [0.717, 1.165) is 10.3 Å². The average Bonchev–Trinajstić information content (AvgIpc) is 3.25. The van der Waals surface area contributed by atoms with Gasteiger partial charge in [0, 0.05) is 17.1 Å². The molecule has 1 aromatic heterocycles. The van der Waals surface area contributed by atoms with Crippen LogP contribution < -0.4 is 10.2 Å². The molecule has 0 saturated carbocycles. The first-order valence-electron chi connectivity index (χ1n) is 9.81. The van der Waals surface area contributed by atoms with E-state index in [0.29, 0.717) is 17.0 Å². The Hall–Kier alpha value is -3.61. The first kappa shape index (κ1) is 19.7. The van der Waals surface area contributed by atoms with Crippen molar-refractivity contribution in [2.24, 2.45) is 0 Å². The molecule has 1 N–H and O–H groups in total. The van der Waals surface area contributed by atoms with Crippen LogP contribution in [-0.4, -0.2) is 35.3 Å². The molecule has 1 unspecified atom stereocenters. The summed E-state index contributed by atoms with van der Waals surface area (Å²) in [6, 6.07) is 17.5. The van der Waals surface area contributed by atoms with Crippen molar-refractivity contribution in [3.05, 3.63) is 66.4 Å². The van der Waals surface area contributed by atoms with Gasteiger partial charge in [-0.15, -0.1) is 0 Å². The molecule has 3 aromatic rings. The van der Waals surface area contributed by atoms with E-state index in [1.807, 2.05) is 62.4 Å². The van der Waals surface area contributed by atoms with Gasteiger partial charge in [-0.05, 0) is 45.0 Å². The number of fused-ring (bicyclic) bond motifs is 1. The summed E-state index contributed by atoms with van der Waals surface area (Å²) in [4.78, 5) is 41.4. The zero-order valence-corrected chi connectivity index (χ0v) is 17.1. The smallest absolute Gasteiger partial charge is 0.325 e. The van der Waals surface area contributed by atoms with E-state index in [9.17, 15) is 14.4 Å². The molecule has 1 atom stereocenters. The molecule has 1 saturated heterocycles. The Morgan fingerprint density at radius 2 is 1.77 bits per heavy atom. The number of amides is 4. The molecular weight excluding hydrogens is 382 g/mol. The molecule has 0 spiro atoms. The fraction of sp³-hybridized carbons (Fsp3) is 0.261. The van der Waals surface area contributed by atoms with Crippen molar-refractivity contribution in [2.45, 2.75) is 32.4 Å². The number of hydrogen-bond donors (Lipinski definition) is 1. The summed E-state index contributed by atoms with van der Waals surface area (Å²) < 4.78 is 5.82. The molecule has 7 nitrogen and oxygen atoms in total. The Morgan fingerprint density at radius 3 is 2.43 bits per heavy atom. The van der Waals surface area contributed by atoms with E-state index < -0.39 is 17.5 Å². The third-order valence-electron chi connectivity index (χ3n) is 5.31. The van der Waals surface area contributed by atoms with Crippen LogP contribution in [0.4, 0.5) is 10.5 Å². The molecule has 2 aromatic carbocycles. The molecule has 4 amide bonds. The summed E-state index contributed by atoms with van der Waals surface area (Å²) in [6.07, 6.45) is 0. The van der Waals surface area contributed by atoms with Crippen molar-refractivity contribution in [1.82, 2.24) is 10.2 Å². The molecule has 154 valence electrons. The van der Waals surface area contributed by atoms with Gasteiger partial charge >= 0.3 is 6.03 Å². The van der Waals surface area contributed by atoms with Gasteiger partial charge in [-0.25, -0.2) is 4.79 Å². The number of para-hydroxylation sites is 2. The lowest BCUT2D eigenvalue weighted by molar-refractivity contribution is -0.134. The van der Waals surface area contributed by atoms with E-state index in [1.54, 1.807) is 24.0 Å². The number of nitrogens with zero attached hydrogens (tertiary/aromatic N) is 2. The predicted octanol–water partition coefficient (Wildman–Crippen LogP) is 3.64. The third kappa shape index (κ3) is 3.22. The van der Waals surface area contributed by atoms with Gasteiger partial charge in [-0.2, -0.15) is 0 Å².